The first-order valence-electron chi connectivity index (χ1n) is 8.20. The van der Waals surface area contributed by atoms with E-state index in [1.165, 1.54) is 0 Å². The normalized spacial score (nSPS) is 14.4. The molecule has 0 saturated carbocycles. The molecule has 6 heteroatoms. The monoisotopic (exact) mass is 325 g/mol. The maximum atomic E-state index is 10.1. The first-order valence-corrected chi connectivity index (χ1v) is 8.20. The molecule has 0 aromatic heterocycles. The molecule has 1 aromatic rings. The van der Waals surface area contributed by atoms with Gasteiger partial charge >= 0.3 is 0 Å². The van der Waals surface area contributed by atoms with Crippen LogP contribution in [0.3, 0.4) is 0 Å². The van der Waals surface area contributed by atoms with Crippen molar-refractivity contribution in [2.75, 3.05) is 39.6 Å². The van der Waals surface area contributed by atoms with Crippen LogP contribution >= 0.6 is 0 Å². The zero-order valence-corrected chi connectivity index (χ0v) is 13.7. The van der Waals surface area contributed by atoms with Crippen molar-refractivity contribution in [2.24, 2.45) is 0 Å². The number of fused-ring (bicyclic) bond motifs is 1. The smallest absolute Gasteiger partial charge is 0.231 e. The van der Waals surface area contributed by atoms with Crippen LogP contribution in [-0.4, -0.2) is 60.9 Å². The minimum atomic E-state index is -0.563. The van der Waals surface area contributed by atoms with E-state index < -0.39 is 6.10 Å². The van der Waals surface area contributed by atoms with Crippen molar-refractivity contribution in [1.29, 1.82) is 0 Å². The molecule has 1 aliphatic heterocycles. The first-order chi connectivity index (χ1) is 11.2. The lowest BCUT2D eigenvalue weighted by atomic mass is 10.2. The third kappa shape index (κ3) is 5.99. The van der Waals surface area contributed by atoms with E-state index in [0.717, 1.165) is 36.4 Å². The molecular formula is C17H27NO5. The van der Waals surface area contributed by atoms with Gasteiger partial charge in [0.05, 0.1) is 25.9 Å². The lowest BCUT2D eigenvalue weighted by Crippen LogP contribution is -2.37. The second kappa shape index (κ2) is 9.72. The summed E-state index contributed by atoms with van der Waals surface area (Å²) in [5.41, 5.74) is 0.986. The van der Waals surface area contributed by atoms with E-state index in [9.17, 15) is 5.11 Å². The van der Waals surface area contributed by atoms with E-state index in [2.05, 4.69) is 11.8 Å². The molecular weight excluding hydrogens is 298 g/mol. The summed E-state index contributed by atoms with van der Waals surface area (Å²) in [5, 5.41) is 19.2. The number of rotatable bonds is 11. The second-order valence-corrected chi connectivity index (χ2v) is 5.73. The number of ether oxygens (including phenoxy) is 3. The average Bonchev–Trinajstić information content (AvgIpc) is 3.00. The molecule has 2 N–H and O–H groups in total. The number of aliphatic hydroxyl groups excluding tert-OH is 2. The molecule has 0 amide bonds. The van der Waals surface area contributed by atoms with Crippen molar-refractivity contribution in [1.82, 2.24) is 4.90 Å². The highest BCUT2D eigenvalue weighted by Gasteiger charge is 2.14. The molecule has 0 fully saturated rings. The molecule has 0 unspecified atom stereocenters. The topological polar surface area (TPSA) is 71.4 Å². The Morgan fingerprint density at radius 3 is 2.87 bits per heavy atom. The van der Waals surface area contributed by atoms with Crippen LogP contribution in [0.1, 0.15) is 25.3 Å². The number of nitrogens with zero attached hydrogens (tertiary/aromatic N) is 1. The molecule has 1 aromatic carbocycles. The summed E-state index contributed by atoms with van der Waals surface area (Å²) in [4.78, 5) is 2.07. The molecule has 0 bridgehead atoms. The molecule has 2 rings (SSSR count). The molecule has 0 radical (unpaired) electrons. The number of hydrogen-bond acceptors (Lipinski definition) is 6. The highest BCUT2D eigenvalue weighted by atomic mass is 16.7. The van der Waals surface area contributed by atoms with Gasteiger partial charge in [-0.05, 0) is 30.7 Å². The van der Waals surface area contributed by atoms with Gasteiger partial charge in [0.25, 0.3) is 0 Å². The molecule has 23 heavy (non-hydrogen) atoms. The Hall–Kier alpha value is -1.34. The molecule has 0 aliphatic carbocycles. The van der Waals surface area contributed by atoms with Crippen LogP contribution < -0.4 is 9.47 Å². The molecule has 1 atom stereocenters. The Kier molecular flexibility index (Phi) is 7.61. The summed E-state index contributed by atoms with van der Waals surface area (Å²) < 4.78 is 16.2. The Balaban J connectivity index is 1.70. The van der Waals surface area contributed by atoms with Gasteiger partial charge < -0.3 is 24.4 Å². The fraction of sp³-hybridized carbons (Fsp3) is 0.647. The Morgan fingerprint density at radius 1 is 1.26 bits per heavy atom. The summed E-state index contributed by atoms with van der Waals surface area (Å²) >= 11 is 0. The molecule has 0 spiro atoms. The van der Waals surface area contributed by atoms with Crippen LogP contribution in [0.5, 0.6) is 11.5 Å². The predicted molar refractivity (Wildman–Crippen MR) is 86.7 cm³/mol. The van der Waals surface area contributed by atoms with Crippen molar-refractivity contribution in [3.63, 3.8) is 0 Å². The highest BCUT2D eigenvalue weighted by molar-refractivity contribution is 5.44. The fourth-order valence-corrected chi connectivity index (χ4v) is 2.51. The van der Waals surface area contributed by atoms with Crippen LogP contribution in [-0.2, 0) is 11.3 Å². The zero-order chi connectivity index (χ0) is 16.5. The van der Waals surface area contributed by atoms with Crippen molar-refractivity contribution in [3.05, 3.63) is 23.8 Å². The Morgan fingerprint density at radius 2 is 2.09 bits per heavy atom. The van der Waals surface area contributed by atoms with Gasteiger partial charge in [-0.2, -0.15) is 0 Å². The molecule has 6 nitrogen and oxygen atoms in total. The SMILES string of the molecule is CCCCN(CCO)C[C@H](O)COCc1ccc2c(c1)OCO2. The maximum Gasteiger partial charge on any atom is 0.231 e. The third-order valence-electron chi connectivity index (χ3n) is 3.73. The van der Waals surface area contributed by atoms with E-state index in [-0.39, 0.29) is 20.0 Å². The highest BCUT2D eigenvalue weighted by Crippen LogP contribution is 2.32. The average molecular weight is 325 g/mol. The summed E-state index contributed by atoms with van der Waals surface area (Å²) in [6.07, 6.45) is 1.59. The van der Waals surface area contributed by atoms with E-state index in [4.69, 9.17) is 19.3 Å². The quantitative estimate of drug-likeness (QED) is 0.641. The van der Waals surface area contributed by atoms with Gasteiger partial charge in [0.2, 0.25) is 6.79 Å². The van der Waals surface area contributed by atoms with Gasteiger partial charge in [-0.3, -0.25) is 4.90 Å². The van der Waals surface area contributed by atoms with Crippen LogP contribution in [0.15, 0.2) is 18.2 Å². The third-order valence-corrected chi connectivity index (χ3v) is 3.73. The standard InChI is InChI=1S/C17H27NO5/c1-2-3-6-18(7-8-19)10-15(20)12-21-11-14-4-5-16-17(9-14)23-13-22-16/h4-5,9,15,19-20H,2-3,6-8,10-13H2,1H3/t15-/m0/s1. The lowest BCUT2D eigenvalue weighted by molar-refractivity contribution is 0.00742. The van der Waals surface area contributed by atoms with Gasteiger partial charge in [-0.1, -0.05) is 19.4 Å². The van der Waals surface area contributed by atoms with Gasteiger partial charge in [-0.25, -0.2) is 0 Å². The van der Waals surface area contributed by atoms with Gasteiger partial charge in [0.15, 0.2) is 11.5 Å². The Labute approximate surface area is 137 Å². The molecule has 130 valence electrons. The van der Waals surface area contributed by atoms with Crippen molar-refractivity contribution in [3.8, 4) is 11.5 Å². The molecule has 1 aliphatic rings. The van der Waals surface area contributed by atoms with Gasteiger partial charge in [-0.15, -0.1) is 0 Å². The predicted octanol–water partition coefficient (Wildman–Crippen LogP) is 1.39. The van der Waals surface area contributed by atoms with E-state index in [1.54, 1.807) is 0 Å². The van der Waals surface area contributed by atoms with E-state index >= 15 is 0 Å². The first kappa shape index (κ1) is 18.0. The molecule has 1 heterocycles. The minimum absolute atomic E-state index is 0.106. The molecule has 0 saturated heterocycles. The zero-order valence-electron chi connectivity index (χ0n) is 13.7. The van der Waals surface area contributed by atoms with Crippen LogP contribution in [0, 0.1) is 0 Å². The summed E-state index contributed by atoms with van der Waals surface area (Å²) in [6, 6.07) is 5.69. The number of aliphatic hydroxyl groups is 2. The van der Waals surface area contributed by atoms with E-state index in [0.29, 0.717) is 19.7 Å². The van der Waals surface area contributed by atoms with Gasteiger partial charge in [0, 0.05) is 13.1 Å². The van der Waals surface area contributed by atoms with Crippen LogP contribution in [0.2, 0.25) is 0 Å². The maximum absolute atomic E-state index is 10.1. The fourth-order valence-electron chi connectivity index (χ4n) is 2.51. The number of hydrogen-bond donors (Lipinski definition) is 2. The van der Waals surface area contributed by atoms with Crippen LogP contribution in [0.4, 0.5) is 0 Å². The summed E-state index contributed by atoms with van der Waals surface area (Å²) in [7, 11) is 0. The minimum Gasteiger partial charge on any atom is -0.454 e. The largest absolute Gasteiger partial charge is 0.454 e. The summed E-state index contributed by atoms with van der Waals surface area (Å²) in [6.45, 7) is 5.16. The van der Waals surface area contributed by atoms with Crippen molar-refractivity contribution >= 4 is 0 Å². The van der Waals surface area contributed by atoms with Gasteiger partial charge in [0.1, 0.15) is 0 Å². The number of benzene rings is 1. The van der Waals surface area contributed by atoms with Crippen molar-refractivity contribution in [2.45, 2.75) is 32.5 Å². The van der Waals surface area contributed by atoms with Crippen molar-refractivity contribution < 1.29 is 24.4 Å². The summed E-state index contributed by atoms with van der Waals surface area (Å²) in [5.74, 6) is 1.49. The lowest BCUT2D eigenvalue weighted by Gasteiger charge is -2.24. The number of unbranched alkanes of at least 4 members (excludes halogenated alkanes) is 1. The van der Waals surface area contributed by atoms with Crippen LogP contribution in [0.25, 0.3) is 0 Å². The van der Waals surface area contributed by atoms with E-state index in [1.807, 2.05) is 18.2 Å². The second-order valence-electron chi connectivity index (χ2n) is 5.73. The Bertz CT molecular complexity index is 468.